The highest BCUT2D eigenvalue weighted by atomic mass is 14.7. The topological polar surface area (TPSA) is 64.5 Å². The van der Waals surface area contributed by atoms with Gasteiger partial charge >= 0.3 is 0 Å². The number of aromatic nitrogens is 5. The lowest BCUT2D eigenvalue weighted by molar-refractivity contribution is 1.33. The fourth-order valence-electron chi connectivity index (χ4n) is 22.5. The Morgan fingerprint density at radius 3 is 0.993 bits per heavy atom. The van der Waals surface area contributed by atoms with Crippen molar-refractivity contribution in [1.29, 1.82) is 0 Å². The maximum absolute atomic E-state index is 4.92. The molecule has 5 heteroatoms. The number of hydrogen-bond donors (Lipinski definition) is 0. The van der Waals surface area contributed by atoms with Gasteiger partial charge < -0.3 is 0 Å². The summed E-state index contributed by atoms with van der Waals surface area (Å²) in [6.45, 7) is 0. The molecule has 5 aromatic heterocycles. The van der Waals surface area contributed by atoms with E-state index in [0.717, 1.165) is 67.1 Å². The van der Waals surface area contributed by atoms with Crippen LogP contribution >= 0.6 is 0 Å². The number of fused-ring (bicyclic) bond motifs is 31. The van der Waals surface area contributed by atoms with Crippen molar-refractivity contribution >= 4 is 194 Å². The second-order valence-corrected chi connectivity index (χ2v) is 37.5. The predicted octanol–water partition coefficient (Wildman–Crippen LogP) is 37.8. The van der Waals surface area contributed by atoms with Gasteiger partial charge in [0.1, 0.15) is 0 Å². The predicted molar refractivity (Wildman–Crippen MR) is 613 cm³/mol. The van der Waals surface area contributed by atoms with Crippen LogP contribution in [-0.2, 0) is 0 Å². The SMILES string of the molecule is c1ccc(-c2ccnc(-c3cc4c5ccccc5c5cc6ccccc6cc5c4c4ccccc34)c2)cc1.c1ccc(-c2ccnc(-c3cc4c5ccccc5ccc4c4ccccc34)c2)cc1.c1ccc2c(-c3ccc(-c4ccc5ccc6c7ccccc7ccc6c5c4)nc3)cccc2c1.c1cnc2cc(-c3ccnc(-c4cc5c6ccccc6c6c7ccccc7ccc6c5c5ccccc45)c3)ccc2c1. The summed E-state index contributed by atoms with van der Waals surface area (Å²) in [5.74, 6) is 0. The van der Waals surface area contributed by atoms with E-state index >= 15 is 0 Å². The minimum Gasteiger partial charge on any atom is -0.256 e. The number of nitrogens with zero attached hydrogens (tertiary/aromatic N) is 5. The molecule has 0 saturated carbocycles. The van der Waals surface area contributed by atoms with Crippen molar-refractivity contribution < 1.29 is 0 Å². The molecule has 0 atom stereocenters. The molecule has 30 rings (SSSR count). The third-order valence-corrected chi connectivity index (χ3v) is 29.4. The molecule has 0 spiro atoms. The van der Waals surface area contributed by atoms with Crippen LogP contribution in [0, 0.1) is 0 Å². The summed E-state index contributed by atoms with van der Waals surface area (Å²) in [6, 6.07) is 179. The molecular weight excluding hydrogens is 1740 g/mol. The lowest BCUT2D eigenvalue weighted by Gasteiger charge is -2.17. The molecule has 30 aromatic rings. The van der Waals surface area contributed by atoms with E-state index in [1.165, 1.54) is 217 Å². The van der Waals surface area contributed by atoms with Crippen LogP contribution in [0.3, 0.4) is 0 Å². The fourth-order valence-corrected chi connectivity index (χ4v) is 22.5. The first-order valence-corrected chi connectivity index (χ1v) is 49.3. The van der Waals surface area contributed by atoms with Gasteiger partial charge in [-0.25, -0.2) is 0 Å². The second kappa shape index (κ2) is 35.7. The highest BCUT2D eigenvalue weighted by Gasteiger charge is 2.23. The largest absolute Gasteiger partial charge is 0.256 e. The van der Waals surface area contributed by atoms with Crippen molar-refractivity contribution in [3.8, 4) is 89.5 Å². The Labute approximate surface area is 830 Å². The molecule has 0 saturated heterocycles. The summed E-state index contributed by atoms with van der Waals surface area (Å²) in [5.41, 5.74) is 18.9. The molecular formula is C139H87N5. The zero-order valence-electron chi connectivity index (χ0n) is 78.5. The molecule has 0 N–H and O–H groups in total. The molecule has 25 aromatic carbocycles. The molecule has 0 fully saturated rings. The Morgan fingerprint density at radius 1 is 0.111 bits per heavy atom. The van der Waals surface area contributed by atoms with Gasteiger partial charge in [-0.3, -0.25) is 24.9 Å². The second-order valence-electron chi connectivity index (χ2n) is 37.5. The zero-order chi connectivity index (χ0) is 95.1. The van der Waals surface area contributed by atoms with Crippen molar-refractivity contribution in [2.24, 2.45) is 0 Å². The Hall–Kier alpha value is -19.1. The number of hydrogen-bond acceptors (Lipinski definition) is 5. The van der Waals surface area contributed by atoms with Crippen LogP contribution < -0.4 is 0 Å². The summed E-state index contributed by atoms with van der Waals surface area (Å²) in [4.78, 5) is 24.0. The summed E-state index contributed by atoms with van der Waals surface area (Å²) < 4.78 is 0. The Morgan fingerprint density at radius 2 is 0.438 bits per heavy atom. The first-order chi connectivity index (χ1) is 71.4. The number of rotatable bonds is 8. The highest BCUT2D eigenvalue weighted by molar-refractivity contribution is 6.38. The van der Waals surface area contributed by atoms with Gasteiger partial charge in [0, 0.05) is 64.2 Å². The van der Waals surface area contributed by atoms with E-state index in [2.05, 4.69) is 490 Å². The first kappa shape index (κ1) is 84.2. The van der Waals surface area contributed by atoms with Crippen molar-refractivity contribution in [2.45, 2.75) is 0 Å². The first-order valence-electron chi connectivity index (χ1n) is 49.3. The zero-order valence-corrected chi connectivity index (χ0v) is 78.5. The lowest BCUT2D eigenvalue weighted by Crippen LogP contribution is -1.91. The minimum absolute atomic E-state index is 0.967. The van der Waals surface area contributed by atoms with E-state index < -0.39 is 0 Å². The van der Waals surface area contributed by atoms with Gasteiger partial charge in [0.05, 0.1) is 28.3 Å². The molecule has 0 bridgehead atoms. The Bertz CT molecular complexity index is 10400. The van der Waals surface area contributed by atoms with Gasteiger partial charge in [0.15, 0.2) is 0 Å². The summed E-state index contributed by atoms with van der Waals surface area (Å²) in [7, 11) is 0. The smallest absolute Gasteiger partial charge is 0.0714 e. The third kappa shape index (κ3) is 14.9. The number of benzene rings is 25. The van der Waals surface area contributed by atoms with Gasteiger partial charge in [0.2, 0.25) is 0 Å². The molecule has 5 heterocycles. The van der Waals surface area contributed by atoms with Gasteiger partial charge in [-0.2, -0.15) is 0 Å². The van der Waals surface area contributed by atoms with Crippen LogP contribution in [0.1, 0.15) is 0 Å². The molecule has 0 unspecified atom stereocenters. The Balaban J connectivity index is 0.0000000963. The molecule has 668 valence electrons. The van der Waals surface area contributed by atoms with E-state index in [1.807, 2.05) is 43.1 Å². The van der Waals surface area contributed by atoms with Crippen molar-refractivity contribution in [3.63, 3.8) is 0 Å². The van der Waals surface area contributed by atoms with Crippen LogP contribution in [-0.4, -0.2) is 24.9 Å². The summed E-state index contributed by atoms with van der Waals surface area (Å²) in [5, 5.41) is 44.4. The van der Waals surface area contributed by atoms with E-state index in [4.69, 9.17) is 19.9 Å². The molecule has 0 amide bonds. The van der Waals surface area contributed by atoms with E-state index in [9.17, 15) is 0 Å². The lowest BCUT2D eigenvalue weighted by atomic mass is 9.86. The van der Waals surface area contributed by atoms with Gasteiger partial charge in [-0.15, -0.1) is 0 Å². The van der Waals surface area contributed by atoms with Crippen molar-refractivity contribution in [1.82, 2.24) is 24.9 Å². The van der Waals surface area contributed by atoms with Crippen LogP contribution in [0.25, 0.3) is 284 Å². The average Bonchev–Trinajstić information content (AvgIpc) is 0.715. The van der Waals surface area contributed by atoms with Gasteiger partial charge in [-0.05, 0) is 313 Å². The van der Waals surface area contributed by atoms with Crippen LogP contribution in [0.15, 0.2) is 528 Å². The van der Waals surface area contributed by atoms with Crippen molar-refractivity contribution in [3.05, 3.63) is 528 Å². The number of pyridine rings is 5. The van der Waals surface area contributed by atoms with E-state index in [-0.39, 0.29) is 0 Å². The minimum atomic E-state index is 0.967. The summed E-state index contributed by atoms with van der Waals surface area (Å²) >= 11 is 0. The Kier molecular flexibility index (Phi) is 20.9. The molecule has 0 radical (unpaired) electrons. The normalized spacial score (nSPS) is 11.6. The van der Waals surface area contributed by atoms with E-state index in [0.29, 0.717) is 0 Å². The average molecular weight is 1830 g/mol. The fraction of sp³-hybridized carbons (Fsp3) is 0. The van der Waals surface area contributed by atoms with Crippen LogP contribution in [0.2, 0.25) is 0 Å². The summed E-state index contributed by atoms with van der Waals surface area (Å²) in [6.07, 6.45) is 9.62. The van der Waals surface area contributed by atoms with Crippen LogP contribution in [0.4, 0.5) is 0 Å². The van der Waals surface area contributed by atoms with Crippen LogP contribution in [0.5, 0.6) is 0 Å². The standard InChI is InChI=1S/C40H24N2.C37H23N.C33H21N.C29H19N/c1-2-10-29-25(8-1)17-18-34-39(29)33-14-6-4-12-31(33)36-24-35(30-11-3-5-13-32(30)40(34)36)38-23-28(19-21-42-38)27-16-15-26-9-7-20-41-37(26)22-27;1-2-10-24(11-3-1)27-18-19-38-36(22-27)33-23-35-29-15-7-6-14-28(29)32-20-25-12-4-5-13-26(25)21-34(32)37(35)31-17-9-8-16-30(31)33;1-3-9-27-22(6-1)8-5-11-29(27)26-16-19-33(34-21-26)25-13-12-24-15-17-30-28-10-4-2-7-23(28)14-18-31(30)32(24)20-25;1-2-8-20(9-3-1)22-16-17-30-29(18-22)28-19-27-23-11-5-4-10-21(23)14-15-26(27)24-12-6-7-13-25(24)28/h1-24H;1-23H;1-21H;1-19H. The third-order valence-electron chi connectivity index (χ3n) is 29.4. The molecule has 0 aliphatic rings. The maximum Gasteiger partial charge on any atom is 0.0714 e. The maximum atomic E-state index is 4.92. The molecule has 5 nitrogen and oxygen atoms in total. The van der Waals surface area contributed by atoms with E-state index in [1.54, 1.807) is 0 Å². The quantitative estimate of drug-likeness (QED) is 0.112. The highest BCUT2D eigenvalue weighted by Crippen LogP contribution is 2.49. The molecule has 144 heavy (non-hydrogen) atoms. The monoisotopic (exact) mass is 1830 g/mol. The molecule has 0 aliphatic heterocycles. The molecule has 0 aliphatic carbocycles. The van der Waals surface area contributed by atoms with Crippen molar-refractivity contribution in [2.75, 3.05) is 0 Å². The van der Waals surface area contributed by atoms with Gasteiger partial charge in [0.25, 0.3) is 0 Å². The van der Waals surface area contributed by atoms with Gasteiger partial charge in [-0.1, -0.05) is 406 Å².